The number of amides is 1. The number of carbonyl (C=O) groups excluding carboxylic acids is 1. The zero-order valence-electron chi connectivity index (χ0n) is 14.3. The highest BCUT2D eigenvalue weighted by Gasteiger charge is 2.40. The lowest BCUT2D eigenvalue weighted by Crippen LogP contribution is -2.51. The second-order valence-electron chi connectivity index (χ2n) is 6.04. The Morgan fingerprint density at radius 1 is 1.11 bits per heavy atom. The molecule has 1 aliphatic heterocycles. The Kier molecular flexibility index (Phi) is 6.16. The van der Waals surface area contributed by atoms with Crippen LogP contribution in [0.4, 0.5) is 19.0 Å². The highest BCUT2D eigenvalue weighted by molar-refractivity contribution is 8.00. The highest BCUT2D eigenvalue weighted by Crippen LogP contribution is 2.34. The van der Waals surface area contributed by atoms with Gasteiger partial charge in [0.25, 0.3) is 5.82 Å². The third kappa shape index (κ3) is 5.07. The van der Waals surface area contributed by atoms with E-state index in [9.17, 15) is 18.0 Å². The van der Waals surface area contributed by atoms with Gasteiger partial charge in [0.2, 0.25) is 5.91 Å². The Balaban J connectivity index is 1.56. The molecule has 1 aliphatic rings. The van der Waals surface area contributed by atoms with Gasteiger partial charge in [-0.25, -0.2) is 4.98 Å². The monoisotopic (exact) mass is 416 g/mol. The smallest absolute Gasteiger partial charge is 0.334 e. The van der Waals surface area contributed by atoms with Crippen LogP contribution in [0.1, 0.15) is 5.56 Å². The maximum absolute atomic E-state index is 13.2. The van der Waals surface area contributed by atoms with Crippen LogP contribution in [0.15, 0.2) is 47.5 Å². The second-order valence-corrected chi connectivity index (χ2v) is 7.53. The molecular formula is C18H18ClF3N3OS+. The van der Waals surface area contributed by atoms with E-state index in [1.54, 1.807) is 21.9 Å². The number of anilines is 1. The van der Waals surface area contributed by atoms with Crippen LogP contribution in [-0.2, 0) is 11.0 Å². The number of hydrogen-bond donors (Lipinski definition) is 0. The largest absolute Gasteiger partial charge is 0.424 e. The molecule has 0 spiro atoms. The van der Waals surface area contributed by atoms with Crippen molar-refractivity contribution in [3.8, 4) is 0 Å². The SMILES string of the molecule is O=C(CSc1ccc(Cl)cc1)N1CCN(c2[nH+]cccc2C(F)(F)F)CC1. The summed E-state index contributed by atoms with van der Waals surface area (Å²) in [5.41, 5.74) is -0.692. The Hall–Kier alpha value is -1.93. The number of H-pyrrole nitrogens is 1. The van der Waals surface area contributed by atoms with E-state index in [4.69, 9.17) is 11.6 Å². The topological polar surface area (TPSA) is 37.7 Å². The van der Waals surface area contributed by atoms with Crippen molar-refractivity contribution in [3.63, 3.8) is 0 Å². The summed E-state index contributed by atoms with van der Waals surface area (Å²) >= 11 is 7.25. The van der Waals surface area contributed by atoms with Gasteiger partial charge in [-0.05, 0) is 36.4 Å². The number of pyridine rings is 1. The molecule has 0 unspecified atom stereocenters. The fraction of sp³-hybridized carbons (Fsp3) is 0.333. The van der Waals surface area contributed by atoms with Crippen LogP contribution in [0.2, 0.25) is 5.02 Å². The van der Waals surface area contributed by atoms with Crippen molar-refractivity contribution in [2.24, 2.45) is 0 Å². The molecule has 1 aromatic heterocycles. The third-order valence-electron chi connectivity index (χ3n) is 4.26. The summed E-state index contributed by atoms with van der Waals surface area (Å²) in [6.07, 6.45) is -2.94. The van der Waals surface area contributed by atoms with E-state index < -0.39 is 11.7 Å². The van der Waals surface area contributed by atoms with Gasteiger partial charge in [-0.2, -0.15) is 13.2 Å². The second kappa shape index (κ2) is 8.39. The highest BCUT2D eigenvalue weighted by atomic mass is 35.5. The minimum absolute atomic E-state index is 0.0253. The fourth-order valence-corrected chi connectivity index (χ4v) is 3.79. The number of alkyl halides is 3. The Morgan fingerprint density at radius 2 is 1.78 bits per heavy atom. The molecular weight excluding hydrogens is 399 g/mol. The number of carbonyl (C=O) groups is 1. The number of aromatic nitrogens is 1. The predicted molar refractivity (Wildman–Crippen MR) is 99.0 cm³/mol. The van der Waals surface area contributed by atoms with E-state index in [2.05, 4.69) is 4.98 Å². The number of piperazine rings is 1. The van der Waals surface area contributed by atoms with Crippen LogP contribution >= 0.6 is 23.4 Å². The number of benzene rings is 1. The first-order valence-electron chi connectivity index (χ1n) is 8.33. The molecule has 1 fully saturated rings. The van der Waals surface area contributed by atoms with E-state index in [0.29, 0.717) is 31.2 Å². The van der Waals surface area contributed by atoms with Gasteiger partial charge in [-0.3, -0.25) is 9.69 Å². The van der Waals surface area contributed by atoms with E-state index in [1.165, 1.54) is 24.0 Å². The summed E-state index contributed by atoms with van der Waals surface area (Å²) in [6.45, 7) is 1.47. The first-order valence-corrected chi connectivity index (χ1v) is 9.70. The van der Waals surface area contributed by atoms with Gasteiger partial charge in [-0.15, -0.1) is 11.8 Å². The maximum Gasteiger partial charge on any atom is 0.424 e. The molecule has 144 valence electrons. The molecule has 0 bridgehead atoms. The molecule has 3 rings (SSSR count). The Morgan fingerprint density at radius 3 is 2.41 bits per heavy atom. The van der Waals surface area contributed by atoms with Crippen molar-refractivity contribution in [1.82, 2.24) is 4.90 Å². The van der Waals surface area contributed by atoms with E-state index in [-0.39, 0.29) is 17.5 Å². The van der Waals surface area contributed by atoms with Gasteiger partial charge in [0.1, 0.15) is 18.7 Å². The van der Waals surface area contributed by atoms with Crippen LogP contribution in [-0.4, -0.2) is 42.7 Å². The lowest BCUT2D eigenvalue weighted by Gasteiger charge is -2.31. The minimum atomic E-state index is -4.42. The molecule has 0 atom stereocenters. The fourth-order valence-electron chi connectivity index (χ4n) is 2.87. The van der Waals surface area contributed by atoms with Gasteiger partial charge in [0.05, 0.1) is 25.0 Å². The van der Waals surface area contributed by atoms with Gasteiger partial charge in [0.15, 0.2) is 0 Å². The van der Waals surface area contributed by atoms with Crippen molar-refractivity contribution < 1.29 is 22.9 Å². The van der Waals surface area contributed by atoms with Gasteiger partial charge >= 0.3 is 6.18 Å². The van der Waals surface area contributed by atoms with Crippen molar-refractivity contribution in [1.29, 1.82) is 0 Å². The molecule has 1 saturated heterocycles. The van der Waals surface area contributed by atoms with Crippen LogP contribution in [0.3, 0.4) is 0 Å². The van der Waals surface area contributed by atoms with Crippen molar-refractivity contribution in [2.75, 3.05) is 36.8 Å². The lowest BCUT2D eigenvalue weighted by atomic mass is 10.2. The molecule has 0 radical (unpaired) electrons. The summed E-state index contributed by atoms with van der Waals surface area (Å²) in [5.74, 6) is 0.308. The van der Waals surface area contributed by atoms with E-state index in [1.807, 2.05) is 12.1 Å². The van der Waals surface area contributed by atoms with Gasteiger partial charge in [-0.1, -0.05) is 11.6 Å². The Bertz CT molecular complexity index is 793. The molecule has 2 heterocycles. The van der Waals surface area contributed by atoms with E-state index in [0.717, 1.165) is 11.0 Å². The summed E-state index contributed by atoms with van der Waals surface area (Å²) in [4.78, 5) is 19.3. The standard InChI is InChI=1S/C18H17ClF3N3OS/c19-13-3-5-14(6-4-13)27-12-16(26)24-8-10-25(11-9-24)17-15(18(20,21)22)2-1-7-23-17/h1-7H,8-12H2/p+1. The van der Waals surface area contributed by atoms with Crippen LogP contribution in [0.5, 0.6) is 0 Å². The van der Waals surface area contributed by atoms with Crippen LogP contribution in [0, 0.1) is 0 Å². The molecule has 0 aliphatic carbocycles. The molecule has 1 N–H and O–H groups in total. The summed E-state index contributed by atoms with van der Waals surface area (Å²) in [6, 6.07) is 9.62. The number of halogens is 4. The first kappa shape index (κ1) is 19.8. The number of thioether (sulfide) groups is 1. The zero-order chi connectivity index (χ0) is 19.4. The lowest BCUT2D eigenvalue weighted by molar-refractivity contribution is -0.367. The summed E-state index contributed by atoms with van der Waals surface area (Å²) in [5, 5.41) is 0.637. The third-order valence-corrected chi connectivity index (χ3v) is 5.51. The summed E-state index contributed by atoms with van der Waals surface area (Å²) in [7, 11) is 0. The average molecular weight is 417 g/mol. The maximum atomic E-state index is 13.2. The summed E-state index contributed by atoms with van der Waals surface area (Å²) < 4.78 is 39.5. The van der Waals surface area contributed by atoms with Crippen molar-refractivity contribution in [3.05, 3.63) is 53.2 Å². The molecule has 27 heavy (non-hydrogen) atoms. The molecule has 2 aromatic rings. The van der Waals surface area contributed by atoms with Gasteiger partial charge < -0.3 is 4.90 Å². The molecule has 4 nitrogen and oxygen atoms in total. The number of aromatic amines is 1. The first-order chi connectivity index (χ1) is 12.8. The molecule has 1 amide bonds. The zero-order valence-corrected chi connectivity index (χ0v) is 15.9. The quantitative estimate of drug-likeness (QED) is 0.714. The number of nitrogens with zero attached hydrogens (tertiary/aromatic N) is 2. The van der Waals surface area contributed by atoms with Crippen LogP contribution in [0.25, 0.3) is 0 Å². The molecule has 1 aromatic carbocycles. The van der Waals surface area contributed by atoms with Crippen LogP contribution < -0.4 is 9.88 Å². The number of hydrogen-bond acceptors (Lipinski definition) is 3. The molecule has 9 heteroatoms. The van der Waals surface area contributed by atoms with E-state index >= 15 is 0 Å². The molecule has 0 saturated carbocycles. The number of nitrogens with one attached hydrogen (secondary N) is 1. The Labute approximate surface area is 164 Å². The predicted octanol–water partition coefficient (Wildman–Crippen LogP) is 3.61. The normalized spacial score (nSPS) is 15.1. The minimum Gasteiger partial charge on any atom is -0.334 e. The van der Waals surface area contributed by atoms with Gasteiger partial charge in [0, 0.05) is 9.92 Å². The van der Waals surface area contributed by atoms with Crippen molar-refractivity contribution in [2.45, 2.75) is 11.1 Å². The number of rotatable bonds is 4. The van der Waals surface area contributed by atoms with Crippen molar-refractivity contribution >= 4 is 35.1 Å². The average Bonchev–Trinajstić information content (AvgIpc) is 2.67.